The van der Waals surface area contributed by atoms with Crippen LogP contribution >= 0.6 is 23.2 Å². The van der Waals surface area contributed by atoms with Gasteiger partial charge in [0.1, 0.15) is 0 Å². The Bertz CT molecular complexity index is 132. The van der Waals surface area contributed by atoms with Crippen molar-refractivity contribution in [3.63, 3.8) is 0 Å². The molecule has 1 aliphatic rings. The van der Waals surface area contributed by atoms with Gasteiger partial charge in [-0.15, -0.1) is 0 Å². The van der Waals surface area contributed by atoms with E-state index in [0.717, 1.165) is 19.3 Å². The van der Waals surface area contributed by atoms with Gasteiger partial charge in [-0.1, -0.05) is 18.2 Å². The number of halogens is 2. The maximum Gasteiger partial charge on any atom is 0 e. The molecule has 1 saturated carbocycles. The zero-order valence-corrected chi connectivity index (χ0v) is 9.71. The summed E-state index contributed by atoms with van der Waals surface area (Å²) < 4.78 is 0. The Morgan fingerprint density at radius 3 is 2.36 bits per heavy atom. The first-order valence-electron chi connectivity index (χ1n) is 3.29. The van der Waals surface area contributed by atoms with Crippen LogP contribution in [-0.2, 0) is 21.1 Å². The molecule has 5 heteroatoms. The first kappa shape index (κ1) is 12.2. The van der Waals surface area contributed by atoms with Gasteiger partial charge in [-0.3, -0.25) is 0 Å². The Hall–Kier alpha value is 1.19. The minimum absolute atomic E-state index is 0. The third kappa shape index (κ3) is 2.86. The van der Waals surface area contributed by atoms with Crippen LogP contribution in [0.3, 0.4) is 0 Å². The van der Waals surface area contributed by atoms with Crippen LogP contribution in [0.2, 0.25) is 0 Å². The molecule has 2 nitrogen and oxygen atoms in total. The van der Waals surface area contributed by atoms with E-state index < -0.39 is 5.66 Å². The van der Waals surface area contributed by atoms with Crippen LogP contribution in [-0.4, -0.2) is 11.0 Å². The van der Waals surface area contributed by atoms with Gasteiger partial charge in [-0.25, -0.2) is 0 Å². The van der Waals surface area contributed by atoms with Gasteiger partial charge in [0.15, 0.2) is 0 Å². The third-order valence-electron chi connectivity index (χ3n) is 1.77. The smallest absolute Gasteiger partial charge is 0 e. The number of hydrogen-bond acceptors (Lipinski definition) is 2. The summed E-state index contributed by atoms with van der Waals surface area (Å²) in [5.74, 6) is 0. The molecule has 0 aromatic rings. The molecule has 0 aromatic carbocycles. The van der Waals surface area contributed by atoms with Gasteiger partial charge in [0.05, 0.1) is 0 Å². The van der Waals surface area contributed by atoms with E-state index in [-0.39, 0.29) is 26.4 Å². The fourth-order valence-corrected chi connectivity index (χ4v) is 1.67. The van der Waals surface area contributed by atoms with Gasteiger partial charge < -0.3 is 23.1 Å². The van der Waals surface area contributed by atoms with Crippen molar-refractivity contribution in [2.45, 2.75) is 30.3 Å². The maximum atomic E-state index is 5.82. The normalized spacial score (nSPS) is 31.1. The summed E-state index contributed by atoms with van der Waals surface area (Å²) in [7, 11) is 0. The second-order valence-electron chi connectivity index (χ2n) is 2.75. The zero-order valence-electron chi connectivity index (χ0n) is 5.93. The Labute approximate surface area is 91.2 Å². The first-order valence-corrected chi connectivity index (χ1v) is 4.10. The average Bonchev–Trinajstić information content (AvgIpc) is 1.83. The monoisotopic (exact) mass is 376 g/mol. The summed E-state index contributed by atoms with van der Waals surface area (Å²) in [6.07, 6.45) is 2.57. The molecular weight excluding hydrogens is 366 g/mol. The minimum atomic E-state index is -0.841. The third-order valence-corrected chi connectivity index (χ3v) is 2.93. The number of hydrogen-bond donors (Lipinski definition) is 2. The SMILES string of the molecule is NC1(N)CCC[C@H](Cl)[C-]1Cl.[Pt]. The van der Waals surface area contributed by atoms with Gasteiger partial charge in [-0.2, -0.15) is 17.0 Å². The van der Waals surface area contributed by atoms with Crippen LogP contribution in [0.1, 0.15) is 19.3 Å². The van der Waals surface area contributed by atoms with E-state index in [1.54, 1.807) is 0 Å². The molecule has 0 bridgehead atoms. The van der Waals surface area contributed by atoms with Crippen molar-refractivity contribution in [2.24, 2.45) is 11.5 Å². The second-order valence-corrected chi connectivity index (χ2v) is 3.68. The first-order chi connectivity index (χ1) is 4.54. The quantitative estimate of drug-likeness (QED) is 0.378. The average molecular weight is 377 g/mol. The molecule has 11 heavy (non-hydrogen) atoms. The van der Waals surface area contributed by atoms with Crippen molar-refractivity contribution in [1.29, 1.82) is 0 Å². The second kappa shape index (κ2) is 4.43. The van der Waals surface area contributed by atoms with Gasteiger partial charge in [0.2, 0.25) is 0 Å². The Morgan fingerprint density at radius 2 is 2.00 bits per heavy atom. The molecule has 1 fully saturated rings. The fourth-order valence-electron chi connectivity index (χ4n) is 1.11. The van der Waals surface area contributed by atoms with Crippen LogP contribution in [0.4, 0.5) is 0 Å². The number of alkyl halides is 1. The van der Waals surface area contributed by atoms with E-state index in [0.29, 0.717) is 5.38 Å². The summed E-state index contributed by atoms with van der Waals surface area (Å²) in [5.41, 5.74) is 10.4. The Kier molecular flexibility index (Phi) is 4.91. The van der Waals surface area contributed by atoms with Crippen molar-refractivity contribution in [1.82, 2.24) is 0 Å². The summed E-state index contributed by atoms with van der Waals surface area (Å²) in [6.45, 7) is 0. The molecule has 0 spiro atoms. The van der Waals surface area contributed by atoms with E-state index in [9.17, 15) is 0 Å². The van der Waals surface area contributed by atoms with Crippen LogP contribution in [0.25, 0.3) is 0 Å². The van der Waals surface area contributed by atoms with Crippen molar-refractivity contribution < 1.29 is 21.1 Å². The molecule has 0 heterocycles. The summed E-state index contributed by atoms with van der Waals surface area (Å²) in [6, 6.07) is 0. The molecule has 1 atom stereocenters. The standard InChI is InChI=1S/C6H11Cl2N2.Pt/c7-4-2-1-3-6(9,10)5(4)8;/h4H,1-3,9-10H2;/q-1;/t4-;/m0./s1. The molecule has 4 N–H and O–H groups in total. The van der Waals surface area contributed by atoms with E-state index in [2.05, 4.69) is 0 Å². The minimum Gasteiger partial charge on any atom is -0.341 e. The summed E-state index contributed by atoms with van der Waals surface area (Å²) >= 11 is 11.6. The number of rotatable bonds is 0. The van der Waals surface area contributed by atoms with Crippen molar-refractivity contribution >= 4 is 23.2 Å². The largest absolute Gasteiger partial charge is 0.341 e. The van der Waals surface area contributed by atoms with Gasteiger partial charge in [-0.05, 0) is 12.1 Å². The van der Waals surface area contributed by atoms with Crippen LogP contribution in [0, 0.1) is 5.38 Å². The van der Waals surface area contributed by atoms with E-state index in [4.69, 9.17) is 34.7 Å². The Balaban J connectivity index is 0.000001000. The van der Waals surface area contributed by atoms with E-state index >= 15 is 0 Å². The molecule has 70 valence electrons. The predicted molar refractivity (Wildman–Crippen MR) is 43.7 cm³/mol. The van der Waals surface area contributed by atoms with Crippen molar-refractivity contribution in [3.05, 3.63) is 5.38 Å². The molecule has 0 aliphatic heterocycles. The molecule has 0 aromatic heterocycles. The molecule has 0 saturated heterocycles. The molecule has 0 unspecified atom stereocenters. The van der Waals surface area contributed by atoms with Crippen molar-refractivity contribution in [2.75, 3.05) is 0 Å². The molecule has 1 aliphatic carbocycles. The molecular formula is C6H11Cl2N2Pt-. The molecule has 1 rings (SSSR count). The van der Waals surface area contributed by atoms with Gasteiger partial charge in [0.25, 0.3) is 0 Å². The van der Waals surface area contributed by atoms with Gasteiger partial charge in [0, 0.05) is 21.1 Å². The summed E-state index contributed by atoms with van der Waals surface area (Å²) in [5, 5.41) is 0.353. The van der Waals surface area contributed by atoms with Crippen LogP contribution in [0.5, 0.6) is 0 Å². The topological polar surface area (TPSA) is 52.0 Å². The van der Waals surface area contributed by atoms with Crippen LogP contribution < -0.4 is 11.5 Å². The van der Waals surface area contributed by atoms with Crippen LogP contribution in [0.15, 0.2) is 0 Å². The van der Waals surface area contributed by atoms with Crippen molar-refractivity contribution in [3.8, 4) is 0 Å². The maximum absolute atomic E-state index is 5.82. The van der Waals surface area contributed by atoms with E-state index in [1.807, 2.05) is 0 Å². The zero-order chi connectivity index (χ0) is 7.78. The molecule has 0 amide bonds. The number of nitrogens with two attached hydrogens (primary N) is 2. The van der Waals surface area contributed by atoms with E-state index in [1.165, 1.54) is 0 Å². The molecule has 0 radical (unpaired) electrons. The predicted octanol–water partition coefficient (Wildman–Crippen LogP) is 1.16. The Morgan fingerprint density at radius 1 is 1.45 bits per heavy atom. The van der Waals surface area contributed by atoms with Gasteiger partial charge >= 0.3 is 0 Å². The fraction of sp³-hybridized carbons (Fsp3) is 0.833. The summed E-state index contributed by atoms with van der Waals surface area (Å²) in [4.78, 5) is 0.